The molecule has 0 aromatic rings. The quantitative estimate of drug-likeness (QED) is 0.805. The smallest absolute Gasteiger partial charge is 0.0244 e. The van der Waals surface area contributed by atoms with E-state index in [1.54, 1.807) is 6.26 Å². The Morgan fingerprint density at radius 3 is 2.69 bits per heavy atom. The highest BCUT2D eigenvalue weighted by molar-refractivity contribution is 7.84. The zero-order valence-corrected chi connectivity index (χ0v) is 11.9. The molecular weight excluding hydrogens is 220 g/mol. The summed E-state index contributed by atoms with van der Waals surface area (Å²) < 4.78 is 11.0. The number of piperazine rings is 1. The van der Waals surface area contributed by atoms with Crippen LogP contribution in [-0.2, 0) is 10.8 Å². The van der Waals surface area contributed by atoms with Crippen LogP contribution >= 0.6 is 0 Å². The van der Waals surface area contributed by atoms with Crippen molar-refractivity contribution in [1.82, 2.24) is 10.2 Å². The SMILES string of the molecule is CS(=O)CCCN1CCNC(C(C)(C)C)C1. The van der Waals surface area contributed by atoms with Crippen molar-refractivity contribution < 1.29 is 4.21 Å². The van der Waals surface area contributed by atoms with Crippen LogP contribution < -0.4 is 5.32 Å². The van der Waals surface area contributed by atoms with E-state index in [0.717, 1.165) is 38.4 Å². The van der Waals surface area contributed by atoms with Gasteiger partial charge in [0.15, 0.2) is 0 Å². The second-order valence-electron chi connectivity index (χ2n) is 5.80. The maximum Gasteiger partial charge on any atom is 0.0244 e. The van der Waals surface area contributed by atoms with Gasteiger partial charge in [0.2, 0.25) is 0 Å². The second-order valence-corrected chi connectivity index (χ2v) is 7.36. The van der Waals surface area contributed by atoms with Crippen LogP contribution in [-0.4, -0.2) is 53.3 Å². The van der Waals surface area contributed by atoms with Gasteiger partial charge in [-0.05, 0) is 18.4 Å². The second kappa shape index (κ2) is 6.12. The van der Waals surface area contributed by atoms with Crippen LogP contribution in [0.4, 0.5) is 0 Å². The fourth-order valence-electron chi connectivity index (χ4n) is 2.09. The standard InChI is InChI=1S/C12H26N2OS/c1-12(2,3)11-10-14(8-6-13-11)7-5-9-16(4)15/h11,13H,5-10H2,1-4H3. The monoisotopic (exact) mass is 246 g/mol. The summed E-state index contributed by atoms with van der Waals surface area (Å²) in [6, 6.07) is 0.577. The number of nitrogens with one attached hydrogen (secondary N) is 1. The molecule has 1 N–H and O–H groups in total. The molecule has 96 valence electrons. The third-order valence-electron chi connectivity index (χ3n) is 3.21. The van der Waals surface area contributed by atoms with Crippen molar-refractivity contribution in [2.45, 2.75) is 33.2 Å². The number of nitrogens with zero attached hydrogens (tertiary/aromatic N) is 1. The van der Waals surface area contributed by atoms with Crippen LogP contribution in [0, 0.1) is 5.41 Å². The zero-order valence-electron chi connectivity index (χ0n) is 11.1. The van der Waals surface area contributed by atoms with Gasteiger partial charge in [-0.2, -0.15) is 0 Å². The van der Waals surface area contributed by atoms with Crippen LogP contribution in [0.1, 0.15) is 27.2 Å². The van der Waals surface area contributed by atoms with Crippen LogP contribution in [0.25, 0.3) is 0 Å². The topological polar surface area (TPSA) is 32.3 Å². The maximum absolute atomic E-state index is 11.0. The van der Waals surface area contributed by atoms with Gasteiger partial charge >= 0.3 is 0 Å². The van der Waals surface area contributed by atoms with Gasteiger partial charge in [-0.15, -0.1) is 0 Å². The molecular formula is C12H26N2OS. The number of rotatable bonds is 4. The van der Waals surface area contributed by atoms with Gasteiger partial charge < -0.3 is 10.2 Å². The van der Waals surface area contributed by atoms with Crippen molar-refractivity contribution in [3.8, 4) is 0 Å². The molecule has 0 aromatic carbocycles. The molecule has 0 radical (unpaired) electrons. The lowest BCUT2D eigenvalue weighted by Gasteiger charge is -2.40. The first-order chi connectivity index (χ1) is 7.39. The van der Waals surface area contributed by atoms with E-state index in [9.17, 15) is 4.21 Å². The molecule has 0 saturated carbocycles. The summed E-state index contributed by atoms with van der Waals surface area (Å²) in [7, 11) is -0.638. The van der Waals surface area contributed by atoms with Crippen LogP contribution in [0.2, 0.25) is 0 Å². The zero-order chi connectivity index (χ0) is 12.2. The van der Waals surface area contributed by atoms with E-state index in [4.69, 9.17) is 0 Å². The van der Waals surface area contributed by atoms with Crippen molar-refractivity contribution in [3.63, 3.8) is 0 Å². The van der Waals surface area contributed by atoms with E-state index in [0.29, 0.717) is 11.5 Å². The Kier molecular flexibility index (Phi) is 5.41. The van der Waals surface area contributed by atoms with Crippen LogP contribution in [0.15, 0.2) is 0 Å². The average Bonchev–Trinajstić information content (AvgIpc) is 2.16. The highest BCUT2D eigenvalue weighted by Crippen LogP contribution is 2.21. The van der Waals surface area contributed by atoms with E-state index in [-0.39, 0.29) is 0 Å². The Bertz CT molecular complexity index is 238. The average molecular weight is 246 g/mol. The molecule has 2 atom stereocenters. The molecule has 2 unspecified atom stereocenters. The first-order valence-electron chi connectivity index (χ1n) is 6.15. The molecule has 1 rings (SSSR count). The minimum atomic E-state index is -0.638. The molecule has 0 spiro atoms. The Morgan fingerprint density at radius 1 is 1.44 bits per heavy atom. The molecule has 1 saturated heterocycles. The molecule has 1 aliphatic rings. The minimum absolute atomic E-state index is 0.326. The summed E-state index contributed by atoms with van der Waals surface area (Å²) >= 11 is 0. The van der Waals surface area contributed by atoms with Gasteiger partial charge in [-0.3, -0.25) is 4.21 Å². The van der Waals surface area contributed by atoms with Crippen molar-refractivity contribution in [1.29, 1.82) is 0 Å². The Balaban J connectivity index is 2.31. The van der Waals surface area contributed by atoms with Crippen LogP contribution in [0.3, 0.4) is 0 Å². The summed E-state index contributed by atoms with van der Waals surface area (Å²) in [4.78, 5) is 2.50. The molecule has 0 bridgehead atoms. The van der Waals surface area contributed by atoms with Gasteiger partial charge in [-0.25, -0.2) is 0 Å². The first kappa shape index (κ1) is 14.1. The minimum Gasteiger partial charge on any atom is -0.311 e. The lowest BCUT2D eigenvalue weighted by atomic mass is 9.85. The third-order valence-corrected chi connectivity index (χ3v) is 4.07. The van der Waals surface area contributed by atoms with Crippen molar-refractivity contribution in [3.05, 3.63) is 0 Å². The van der Waals surface area contributed by atoms with Gasteiger partial charge in [0.25, 0.3) is 0 Å². The molecule has 0 aliphatic carbocycles. The molecule has 16 heavy (non-hydrogen) atoms. The number of hydrogen-bond donors (Lipinski definition) is 1. The van der Waals surface area contributed by atoms with E-state index in [1.807, 2.05) is 0 Å². The summed E-state index contributed by atoms with van der Waals surface area (Å²) in [6.07, 6.45) is 2.84. The fourth-order valence-corrected chi connectivity index (χ4v) is 2.62. The lowest BCUT2D eigenvalue weighted by Crippen LogP contribution is -2.55. The largest absolute Gasteiger partial charge is 0.311 e. The predicted molar refractivity (Wildman–Crippen MR) is 71.2 cm³/mol. The molecule has 0 aromatic heterocycles. The van der Waals surface area contributed by atoms with Gasteiger partial charge in [0, 0.05) is 48.5 Å². The van der Waals surface area contributed by atoms with Crippen molar-refractivity contribution >= 4 is 10.8 Å². The van der Waals surface area contributed by atoms with E-state index >= 15 is 0 Å². The molecule has 3 nitrogen and oxygen atoms in total. The normalized spacial score (nSPS) is 25.6. The Hall–Kier alpha value is 0.0700. The molecule has 1 aliphatic heterocycles. The highest BCUT2D eigenvalue weighted by atomic mass is 32.2. The highest BCUT2D eigenvalue weighted by Gasteiger charge is 2.28. The molecule has 0 amide bonds. The fraction of sp³-hybridized carbons (Fsp3) is 1.00. The van der Waals surface area contributed by atoms with E-state index < -0.39 is 10.8 Å². The van der Waals surface area contributed by atoms with E-state index in [1.165, 1.54) is 0 Å². The van der Waals surface area contributed by atoms with Crippen molar-refractivity contribution in [2.24, 2.45) is 5.41 Å². The number of hydrogen-bond acceptors (Lipinski definition) is 3. The summed E-state index contributed by atoms with van der Waals surface area (Å²) in [5.41, 5.74) is 0.326. The van der Waals surface area contributed by atoms with Crippen LogP contribution in [0.5, 0.6) is 0 Å². The Morgan fingerprint density at radius 2 is 2.12 bits per heavy atom. The van der Waals surface area contributed by atoms with Crippen molar-refractivity contribution in [2.75, 3.05) is 38.2 Å². The summed E-state index contributed by atoms with van der Waals surface area (Å²) in [5, 5.41) is 3.59. The van der Waals surface area contributed by atoms with Gasteiger partial charge in [0.1, 0.15) is 0 Å². The maximum atomic E-state index is 11.0. The van der Waals surface area contributed by atoms with E-state index in [2.05, 4.69) is 31.0 Å². The van der Waals surface area contributed by atoms with Gasteiger partial charge in [0.05, 0.1) is 0 Å². The van der Waals surface area contributed by atoms with Gasteiger partial charge in [-0.1, -0.05) is 20.8 Å². The molecule has 1 heterocycles. The summed E-state index contributed by atoms with van der Waals surface area (Å²) in [5.74, 6) is 0.837. The molecule has 4 heteroatoms. The summed E-state index contributed by atoms with van der Waals surface area (Å²) in [6.45, 7) is 11.3. The first-order valence-corrected chi connectivity index (χ1v) is 7.88. The third kappa shape index (κ3) is 4.93. The molecule has 1 fully saturated rings. The Labute approximate surface area is 102 Å². The lowest BCUT2D eigenvalue weighted by molar-refractivity contribution is 0.135. The predicted octanol–water partition coefficient (Wildman–Crippen LogP) is 1.07.